The van der Waals surface area contributed by atoms with E-state index in [1.54, 1.807) is 18.3 Å². The van der Waals surface area contributed by atoms with Gasteiger partial charge in [0.15, 0.2) is 11.5 Å². The third kappa shape index (κ3) is 3.51. The first kappa shape index (κ1) is 14.4. The maximum Gasteiger partial charge on any atom is 0.273 e. The van der Waals surface area contributed by atoms with Gasteiger partial charge in [0.1, 0.15) is 4.60 Å². The molecule has 0 saturated carbocycles. The minimum atomic E-state index is -0.669. The molecular formula is C13H11BrFN3O2. The fourth-order valence-corrected chi connectivity index (χ4v) is 1.83. The first-order chi connectivity index (χ1) is 9.60. The Morgan fingerprint density at radius 1 is 1.45 bits per heavy atom. The first-order valence-electron chi connectivity index (χ1n) is 5.69. The molecule has 0 radical (unpaired) electrons. The Balaban J connectivity index is 2.06. The van der Waals surface area contributed by atoms with Gasteiger partial charge in [0.05, 0.1) is 7.11 Å². The molecule has 2 aromatic rings. The van der Waals surface area contributed by atoms with Gasteiger partial charge < -0.3 is 10.1 Å². The lowest BCUT2D eigenvalue weighted by molar-refractivity contribution is 0.0941. The van der Waals surface area contributed by atoms with Crippen molar-refractivity contribution in [3.05, 3.63) is 52.1 Å². The monoisotopic (exact) mass is 339 g/mol. The maximum absolute atomic E-state index is 13.5. The van der Waals surface area contributed by atoms with E-state index in [0.717, 1.165) is 5.56 Å². The number of pyridine rings is 2. The van der Waals surface area contributed by atoms with Crippen molar-refractivity contribution in [2.75, 3.05) is 7.11 Å². The van der Waals surface area contributed by atoms with E-state index in [2.05, 4.69) is 31.2 Å². The Morgan fingerprint density at radius 2 is 2.25 bits per heavy atom. The molecule has 0 bridgehead atoms. The predicted octanol–water partition coefficient (Wildman–Crippen LogP) is 2.32. The molecule has 0 atom stereocenters. The van der Waals surface area contributed by atoms with E-state index in [-0.39, 0.29) is 12.2 Å². The van der Waals surface area contributed by atoms with E-state index in [1.165, 1.54) is 19.2 Å². The fraction of sp³-hybridized carbons (Fsp3) is 0.154. The Hall–Kier alpha value is -2.02. The van der Waals surface area contributed by atoms with E-state index < -0.39 is 11.7 Å². The van der Waals surface area contributed by atoms with E-state index in [1.807, 2.05) is 0 Å². The van der Waals surface area contributed by atoms with Crippen LogP contribution >= 0.6 is 15.9 Å². The molecule has 0 aliphatic heterocycles. The first-order valence-corrected chi connectivity index (χ1v) is 6.48. The van der Waals surface area contributed by atoms with Crippen molar-refractivity contribution in [1.82, 2.24) is 15.3 Å². The molecule has 0 saturated heterocycles. The third-order valence-corrected chi connectivity index (χ3v) is 2.93. The number of hydrogen-bond donors (Lipinski definition) is 1. The zero-order chi connectivity index (χ0) is 14.5. The van der Waals surface area contributed by atoms with Crippen molar-refractivity contribution >= 4 is 21.8 Å². The summed E-state index contributed by atoms with van der Waals surface area (Å²) in [6.45, 7) is 0.228. The van der Waals surface area contributed by atoms with Crippen LogP contribution in [-0.2, 0) is 6.54 Å². The van der Waals surface area contributed by atoms with Crippen molar-refractivity contribution in [1.29, 1.82) is 0 Å². The Labute approximate surface area is 123 Å². The molecule has 20 heavy (non-hydrogen) atoms. The van der Waals surface area contributed by atoms with Crippen LogP contribution in [0.4, 0.5) is 4.39 Å². The maximum atomic E-state index is 13.5. The van der Waals surface area contributed by atoms with Crippen LogP contribution in [0.5, 0.6) is 5.88 Å². The Morgan fingerprint density at radius 3 is 3.00 bits per heavy atom. The van der Waals surface area contributed by atoms with Gasteiger partial charge in [-0.2, -0.15) is 0 Å². The van der Waals surface area contributed by atoms with Crippen LogP contribution in [0.25, 0.3) is 0 Å². The molecule has 104 valence electrons. The molecule has 0 aromatic carbocycles. The largest absolute Gasteiger partial charge is 0.481 e. The van der Waals surface area contributed by atoms with Gasteiger partial charge in [-0.25, -0.2) is 14.4 Å². The van der Waals surface area contributed by atoms with E-state index in [0.29, 0.717) is 10.5 Å². The minimum Gasteiger partial charge on any atom is -0.481 e. The van der Waals surface area contributed by atoms with E-state index in [9.17, 15) is 9.18 Å². The second kappa shape index (κ2) is 6.42. The molecule has 0 unspecified atom stereocenters. The summed E-state index contributed by atoms with van der Waals surface area (Å²) in [4.78, 5) is 19.6. The van der Waals surface area contributed by atoms with Gasteiger partial charge in [-0.15, -0.1) is 0 Å². The Kier molecular flexibility index (Phi) is 4.62. The van der Waals surface area contributed by atoms with Crippen LogP contribution < -0.4 is 10.1 Å². The van der Waals surface area contributed by atoms with Gasteiger partial charge in [-0.1, -0.05) is 0 Å². The highest BCUT2D eigenvalue weighted by Gasteiger charge is 2.13. The molecular weight excluding hydrogens is 329 g/mol. The van der Waals surface area contributed by atoms with Crippen LogP contribution in [0.3, 0.4) is 0 Å². The number of carbonyl (C=O) groups is 1. The highest BCUT2D eigenvalue weighted by Crippen LogP contribution is 2.12. The highest BCUT2D eigenvalue weighted by molar-refractivity contribution is 9.10. The summed E-state index contributed by atoms with van der Waals surface area (Å²) < 4.78 is 18.9. The number of nitrogens with zero attached hydrogens (tertiary/aromatic N) is 2. The van der Waals surface area contributed by atoms with Crippen molar-refractivity contribution in [2.45, 2.75) is 6.54 Å². The summed E-state index contributed by atoms with van der Waals surface area (Å²) in [5.74, 6) is -0.805. The lowest BCUT2D eigenvalue weighted by Crippen LogP contribution is -2.25. The predicted molar refractivity (Wildman–Crippen MR) is 73.9 cm³/mol. The van der Waals surface area contributed by atoms with Crippen LogP contribution in [-0.4, -0.2) is 23.0 Å². The van der Waals surface area contributed by atoms with Gasteiger partial charge in [0, 0.05) is 18.8 Å². The second-order valence-electron chi connectivity index (χ2n) is 3.85. The molecule has 7 heteroatoms. The SMILES string of the molecule is COc1cc(CNC(=O)c2nc(Br)ccc2F)ccn1. The van der Waals surface area contributed by atoms with Crippen molar-refractivity contribution in [3.63, 3.8) is 0 Å². The highest BCUT2D eigenvalue weighted by atomic mass is 79.9. The summed E-state index contributed by atoms with van der Waals surface area (Å²) in [5.41, 5.74) is 0.543. The fourth-order valence-electron chi connectivity index (χ4n) is 1.52. The summed E-state index contributed by atoms with van der Waals surface area (Å²) >= 11 is 3.10. The van der Waals surface area contributed by atoms with Crippen LogP contribution in [0.2, 0.25) is 0 Å². The van der Waals surface area contributed by atoms with Crippen molar-refractivity contribution in [3.8, 4) is 5.88 Å². The van der Waals surface area contributed by atoms with Gasteiger partial charge in [0.25, 0.3) is 5.91 Å². The molecule has 0 aliphatic carbocycles. The van der Waals surface area contributed by atoms with Crippen molar-refractivity contribution in [2.24, 2.45) is 0 Å². The molecule has 0 fully saturated rings. The number of nitrogens with one attached hydrogen (secondary N) is 1. The quantitative estimate of drug-likeness (QED) is 0.868. The van der Waals surface area contributed by atoms with E-state index in [4.69, 9.17) is 4.74 Å². The zero-order valence-electron chi connectivity index (χ0n) is 10.6. The number of amides is 1. The summed E-state index contributed by atoms with van der Waals surface area (Å²) in [7, 11) is 1.51. The Bertz CT molecular complexity index is 637. The van der Waals surface area contributed by atoms with Crippen LogP contribution in [0, 0.1) is 5.82 Å². The number of carbonyl (C=O) groups excluding carboxylic acids is 1. The van der Waals surface area contributed by atoms with Gasteiger partial charge in [-0.3, -0.25) is 4.79 Å². The number of halogens is 2. The summed E-state index contributed by atoms with van der Waals surface area (Å²) in [6.07, 6.45) is 1.57. The number of methoxy groups -OCH3 is 1. The number of ether oxygens (including phenoxy) is 1. The summed E-state index contributed by atoms with van der Waals surface area (Å²) in [5, 5.41) is 2.59. The molecule has 2 aromatic heterocycles. The molecule has 0 aliphatic rings. The zero-order valence-corrected chi connectivity index (χ0v) is 12.1. The molecule has 5 nitrogen and oxygen atoms in total. The van der Waals surface area contributed by atoms with Gasteiger partial charge in [-0.05, 0) is 39.7 Å². The second-order valence-corrected chi connectivity index (χ2v) is 4.67. The number of hydrogen-bond acceptors (Lipinski definition) is 4. The average molecular weight is 340 g/mol. The number of rotatable bonds is 4. The third-order valence-electron chi connectivity index (χ3n) is 2.49. The van der Waals surface area contributed by atoms with Crippen molar-refractivity contribution < 1.29 is 13.9 Å². The van der Waals surface area contributed by atoms with Gasteiger partial charge in [0.2, 0.25) is 5.88 Å². The van der Waals surface area contributed by atoms with E-state index >= 15 is 0 Å². The average Bonchev–Trinajstić information content (AvgIpc) is 2.47. The smallest absolute Gasteiger partial charge is 0.273 e. The lowest BCUT2D eigenvalue weighted by Gasteiger charge is -2.07. The minimum absolute atomic E-state index is 0.228. The standard InChI is InChI=1S/C13H11BrFN3O2/c1-20-11-6-8(4-5-16-11)7-17-13(19)12-9(15)2-3-10(14)18-12/h2-6H,7H2,1H3,(H,17,19). The summed E-state index contributed by atoms with van der Waals surface area (Å²) in [6, 6.07) is 6.03. The molecule has 2 rings (SSSR count). The normalized spacial score (nSPS) is 10.2. The molecule has 2 heterocycles. The number of aromatic nitrogens is 2. The molecule has 0 spiro atoms. The molecule has 1 amide bonds. The topological polar surface area (TPSA) is 64.1 Å². The molecule has 1 N–H and O–H groups in total. The van der Waals surface area contributed by atoms with Crippen LogP contribution in [0.1, 0.15) is 16.1 Å². The van der Waals surface area contributed by atoms with Gasteiger partial charge >= 0.3 is 0 Å². The lowest BCUT2D eigenvalue weighted by atomic mass is 10.2. The van der Waals surface area contributed by atoms with Crippen LogP contribution in [0.15, 0.2) is 35.1 Å².